The smallest absolute Gasteiger partial charge is 0.262 e. The van der Waals surface area contributed by atoms with Crippen LogP contribution in [-0.4, -0.2) is 26.9 Å². The maximum Gasteiger partial charge on any atom is 0.262 e. The summed E-state index contributed by atoms with van der Waals surface area (Å²) in [6.07, 6.45) is 2.23. The average molecular weight is 404 g/mol. The lowest BCUT2D eigenvalue weighted by Crippen LogP contribution is -2.37. The largest absolute Gasteiger partial charge is 0.336 e. The zero-order chi connectivity index (χ0) is 20.1. The van der Waals surface area contributed by atoms with Crippen molar-refractivity contribution in [2.45, 2.75) is 19.5 Å². The molecule has 0 aliphatic rings. The van der Waals surface area contributed by atoms with E-state index in [1.165, 1.54) is 27.8 Å². The maximum absolute atomic E-state index is 13.1. The van der Waals surface area contributed by atoms with Gasteiger partial charge in [-0.1, -0.05) is 60.7 Å². The first-order valence-corrected chi connectivity index (χ1v) is 10.4. The molecule has 0 saturated heterocycles. The van der Waals surface area contributed by atoms with Crippen molar-refractivity contribution in [1.29, 1.82) is 0 Å². The zero-order valence-electron chi connectivity index (χ0n) is 15.9. The minimum atomic E-state index is -0.174. The Morgan fingerprint density at radius 1 is 0.966 bits per heavy atom. The number of rotatable bonds is 7. The van der Waals surface area contributed by atoms with E-state index in [-0.39, 0.29) is 18.0 Å². The lowest BCUT2D eigenvalue weighted by Gasteiger charge is -2.23. The number of benzene rings is 2. The van der Waals surface area contributed by atoms with Gasteiger partial charge in [-0.15, -0.1) is 11.3 Å². The molecule has 0 radical (unpaired) electrons. The second kappa shape index (κ2) is 8.84. The molecular weight excluding hydrogens is 382 g/mol. The third kappa shape index (κ3) is 4.60. The number of amides is 1. The van der Waals surface area contributed by atoms with E-state index in [4.69, 9.17) is 0 Å². The van der Waals surface area contributed by atoms with Crippen molar-refractivity contribution in [2.24, 2.45) is 0 Å². The van der Waals surface area contributed by atoms with Gasteiger partial charge in [-0.2, -0.15) is 0 Å². The van der Waals surface area contributed by atoms with Crippen LogP contribution in [-0.2, 0) is 24.3 Å². The molecule has 6 heteroatoms. The molecule has 0 bridgehead atoms. The van der Waals surface area contributed by atoms with Crippen LogP contribution in [0.4, 0.5) is 0 Å². The maximum atomic E-state index is 13.1. The lowest BCUT2D eigenvalue weighted by molar-refractivity contribution is -0.132. The van der Waals surface area contributed by atoms with E-state index in [1.54, 1.807) is 6.07 Å². The Kier molecular flexibility index (Phi) is 5.81. The van der Waals surface area contributed by atoms with Crippen molar-refractivity contribution in [3.8, 4) is 0 Å². The topological polar surface area (TPSA) is 55.2 Å². The van der Waals surface area contributed by atoms with Crippen molar-refractivity contribution in [2.75, 3.05) is 6.54 Å². The first kappa shape index (κ1) is 19.1. The number of aromatic nitrogens is 2. The van der Waals surface area contributed by atoms with E-state index in [1.807, 2.05) is 58.8 Å². The number of hydrogen-bond acceptors (Lipinski definition) is 4. The van der Waals surface area contributed by atoms with Crippen LogP contribution in [0, 0.1) is 0 Å². The molecule has 146 valence electrons. The normalized spacial score (nSPS) is 10.9. The fourth-order valence-corrected chi connectivity index (χ4v) is 3.98. The van der Waals surface area contributed by atoms with Gasteiger partial charge in [0.25, 0.3) is 5.56 Å². The summed E-state index contributed by atoms with van der Waals surface area (Å²) >= 11 is 1.42. The molecule has 2 heterocycles. The highest BCUT2D eigenvalue weighted by atomic mass is 32.1. The number of carbonyl (C=O) groups is 1. The van der Waals surface area contributed by atoms with Crippen LogP contribution in [0.1, 0.15) is 11.1 Å². The van der Waals surface area contributed by atoms with Crippen LogP contribution in [0.5, 0.6) is 0 Å². The number of nitrogens with zero attached hydrogens (tertiary/aromatic N) is 3. The van der Waals surface area contributed by atoms with Crippen molar-refractivity contribution in [3.63, 3.8) is 0 Å². The minimum Gasteiger partial charge on any atom is -0.336 e. The second-order valence-corrected chi connectivity index (χ2v) is 7.75. The molecule has 5 nitrogen and oxygen atoms in total. The molecule has 0 saturated carbocycles. The molecule has 0 N–H and O–H groups in total. The van der Waals surface area contributed by atoms with Gasteiger partial charge in [0.05, 0.1) is 11.7 Å². The van der Waals surface area contributed by atoms with Gasteiger partial charge in [0.1, 0.15) is 11.4 Å². The van der Waals surface area contributed by atoms with Crippen LogP contribution in [0.15, 0.2) is 83.2 Å². The van der Waals surface area contributed by atoms with Crippen molar-refractivity contribution < 1.29 is 4.79 Å². The van der Waals surface area contributed by atoms with Gasteiger partial charge in [0.15, 0.2) is 0 Å². The summed E-state index contributed by atoms with van der Waals surface area (Å²) in [5.74, 6) is -0.0942. The van der Waals surface area contributed by atoms with E-state index >= 15 is 0 Å². The Balaban J connectivity index is 1.54. The Bertz CT molecular complexity index is 1150. The summed E-state index contributed by atoms with van der Waals surface area (Å²) < 4.78 is 1.40. The molecule has 2 aromatic heterocycles. The van der Waals surface area contributed by atoms with E-state index in [0.29, 0.717) is 23.3 Å². The van der Waals surface area contributed by atoms with Crippen molar-refractivity contribution in [3.05, 3.63) is 99.9 Å². The molecule has 2 aromatic carbocycles. The number of carbonyl (C=O) groups excluding carboxylic acids is 1. The average Bonchev–Trinajstić information content (AvgIpc) is 3.24. The zero-order valence-corrected chi connectivity index (χ0v) is 16.7. The summed E-state index contributed by atoms with van der Waals surface area (Å²) in [6, 6.07) is 21.8. The van der Waals surface area contributed by atoms with Gasteiger partial charge >= 0.3 is 0 Å². The van der Waals surface area contributed by atoms with Gasteiger partial charge in [0, 0.05) is 13.1 Å². The van der Waals surface area contributed by atoms with Crippen LogP contribution in [0.3, 0.4) is 0 Å². The van der Waals surface area contributed by atoms with Crippen LogP contribution in [0.25, 0.3) is 10.2 Å². The van der Waals surface area contributed by atoms with Gasteiger partial charge in [-0.25, -0.2) is 4.98 Å². The number of thiophene rings is 1. The van der Waals surface area contributed by atoms with Gasteiger partial charge in [-0.05, 0) is 29.0 Å². The van der Waals surface area contributed by atoms with Gasteiger partial charge in [0.2, 0.25) is 5.91 Å². The molecule has 0 unspecified atom stereocenters. The summed E-state index contributed by atoms with van der Waals surface area (Å²) in [6.45, 7) is 1.08. The summed E-state index contributed by atoms with van der Waals surface area (Å²) in [5, 5.41) is 2.40. The molecule has 0 fully saturated rings. The second-order valence-electron chi connectivity index (χ2n) is 6.85. The van der Waals surface area contributed by atoms with Crippen LogP contribution in [0.2, 0.25) is 0 Å². The van der Waals surface area contributed by atoms with Crippen LogP contribution >= 0.6 is 11.3 Å². The summed E-state index contributed by atoms with van der Waals surface area (Å²) in [4.78, 5) is 32.6. The molecule has 29 heavy (non-hydrogen) atoms. The number of hydrogen-bond donors (Lipinski definition) is 0. The minimum absolute atomic E-state index is 0.0146. The fraction of sp³-hybridized carbons (Fsp3) is 0.174. The highest BCUT2D eigenvalue weighted by Gasteiger charge is 2.16. The molecular formula is C23H21N3O2S. The standard InChI is InChI=1S/C23H21N3O2S/c27-21(16-26-17-24-22-20(23(26)28)12-14-29-22)25(15-19-9-5-2-6-10-19)13-11-18-7-3-1-4-8-18/h1-10,12,14,17H,11,13,15-16H2. The van der Waals surface area contributed by atoms with Crippen molar-refractivity contribution >= 4 is 27.5 Å². The monoisotopic (exact) mass is 403 g/mol. The predicted molar refractivity (Wildman–Crippen MR) is 116 cm³/mol. The van der Waals surface area contributed by atoms with Crippen molar-refractivity contribution in [1.82, 2.24) is 14.5 Å². The molecule has 4 aromatic rings. The summed E-state index contributed by atoms with van der Waals surface area (Å²) in [7, 11) is 0. The van der Waals surface area contributed by atoms with Crippen LogP contribution < -0.4 is 5.56 Å². The highest BCUT2D eigenvalue weighted by molar-refractivity contribution is 7.16. The SMILES string of the molecule is O=C(Cn1cnc2sccc2c1=O)N(CCc1ccccc1)Cc1ccccc1. The lowest BCUT2D eigenvalue weighted by atomic mass is 10.1. The Hall–Kier alpha value is -3.25. The van der Waals surface area contributed by atoms with Gasteiger partial charge in [-0.3, -0.25) is 14.2 Å². The molecule has 0 aliphatic heterocycles. The molecule has 1 amide bonds. The first-order chi connectivity index (χ1) is 14.2. The molecule has 4 rings (SSSR count). The Morgan fingerprint density at radius 3 is 2.38 bits per heavy atom. The molecule has 0 atom stereocenters. The van der Waals surface area contributed by atoms with E-state index in [0.717, 1.165) is 12.0 Å². The van der Waals surface area contributed by atoms with E-state index < -0.39 is 0 Å². The molecule has 0 spiro atoms. The Morgan fingerprint density at radius 2 is 1.66 bits per heavy atom. The molecule has 0 aliphatic carbocycles. The van der Waals surface area contributed by atoms with E-state index in [2.05, 4.69) is 17.1 Å². The summed E-state index contributed by atoms with van der Waals surface area (Å²) in [5.41, 5.74) is 2.07. The third-order valence-electron chi connectivity index (χ3n) is 4.84. The highest BCUT2D eigenvalue weighted by Crippen LogP contribution is 2.14. The Labute approximate surface area is 172 Å². The predicted octanol–water partition coefficient (Wildman–Crippen LogP) is 3.73. The van der Waals surface area contributed by atoms with E-state index in [9.17, 15) is 9.59 Å². The number of fused-ring (bicyclic) bond motifs is 1. The quantitative estimate of drug-likeness (QED) is 0.472. The van der Waals surface area contributed by atoms with Gasteiger partial charge < -0.3 is 4.90 Å². The first-order valence-electron chi connectivity index (χ1n) is 9.49. The third-order valence-corrected chi connectivity index (χ3v) is 5.66. The fourth-order valence-electron chi connectivity index (χ4n) is 3.26.